The van der Waals surface area contributed by atoms with Crippen LogP contribution in [0.1, 0.15) is 71.1 Å². The number of carbonyl (C=O) groups excluding carboxylic acids is 1. The van der Waals surface area contributed by atoms with Gasteiger partial charge in [-0.2, -0.15) is 0 Å². The van der Waals surface area contributed by atoms with Crippen molar-refractivity contribution in [2.75, 3.05) is 52.9 Å². The van der Waals surface area contributed by atoms with E-state index >= 15 is 0 Å². The highest BCUT2D eigenvalue weighted by Gasteiger charge is 2.02. The monoisotopic (exact) mass is 452 g/mol. The first-order valence-corrected chi connectivity index (χ1v) is 12.4. The molecule has 0 aliphatic rings. The van der Waals surface area contributed by atoms with Crippen LogP contribution < -0.4 is 4.74 Å². The fraction of sp³-hybridized carbons (Fsp3) is 0.731. The van der Waals surface area contributed by atoms with E-state index in [1.54, 1.807) is 0 Å². The van der Waals surface area contributed by atoms with Crippen LogP contribution in [0, 0.1) is 0 Å². The van der Waals surface area contributed by atoms with E-state index in [4.69, 9.17) is 23.7 Å². The Morgan fingerprint density at radius 3 is 1.72 bits per heavy atom. The minimum absolute atomic E-state index is 0.124. The van der Waals surface area contributed by atoms with Gasteiger partial charge in [0.25, 0.3) is 0 Å². The summed E-state index contributed by atoms with van der Waals surface area (Å²) in [5.41, 5.74) is 0. The summed E-state index contributed by atoms with van der Waals surface area (Å²) in [5, 5.41) is 0. The Hall–Kier alpha value is -1.63. The normalized spacial score (nSPS) is 10.9. The summed E-state index contributed by atoms with van der Waals surface area (Å²) in [6.07, 6.45) is 11.7. The molecule has 0 aromatic heterocycles. The zero-order valence-corrected chi connectivity index (χ0v) is 20.1. The van der Waals surface area contributed by atoms with Gasteiger partial charge in [-0.1, -0.05) is 76.5 Å². The molecule has 0 saturated heterocycles. The van der Waals surface area contributed by atoms with Gasteiger partial charge < -0.3 is 23.7 Å². The molecule has 0 amide bonds. The molecule has 6 nitrogen and oxygen atoms in total. The molecule has 0 fully saturated rings. The first kappa shape index (κ1) is 28.4. The number of benzene rings is 1. The third kappa shape index (κ3) is 19.1. The number of ether oxygens (including phenoxy) is 5. The second-order valence-corrected chi connectivity index (χ2v) is 7.80. The lowest BCUT2D eigenvalue weighted by Gasteiger charge is -2.08. The maximum atomic E-state index is 11.7. The largest absolute Gasteiger partial charge is 0.491 e. The summed E-state index contributed by atoms with van der Waals surface area (Å²) in [6.45, 7) is 6.01. The lowest BCUT2D eigenvalue weighted by molar-refractivity contribution is -0.145. The maximum absolute atomic E-state index is 11.7. The van der Waals surface area contributed by atoms with Crippen LogP contribution in [0.4, 0.5) is 0 Å². The number of rotatable bonds is 23. The van der Waals surface area contributed by atoms with E-state index in [1.807, 2.05) is 30.3 Å². The SMILES string of the molecule is CCCCCCCCCCCC(=O)OCCOCCOCCOCCOc1ccccc1. The molecule has 1 aromatic carbocycles. The molecule has 0 radical (unpaired) electrons. The van der Waals surface area contributed by atoms with Crippen LogP contribution in [0.2, 0.25) is 0 Å². The van der Waals surface area contributed by atoms with Gasteiger partial charge in [0.15, 0.2) is 0 Å². The zero-order chi connectivity index (χ0) is 23.0. The van der Waals surface area contributed by atoms with Crippen LogP contribution >= 0.6 is 0 Å². The predicted molar refractivity (Wildman–Crippen MR) is 127 cm³/mol. The van der Waals surface area contributed by atoms with Crippen LogP contribution in [-0.4, -0.2) is 58.8 Å². The van der Waals surface area contributed by atoms with E-state index < -0.39 is 0 Å². The molecule has 184 valence electrons. The number of esters is 1. The fourth-order valence-electron chi connectivity index (χ4n) is 3.14. The van der Waals surface area contributed by atoms with Gasteiger partial charge in [-0.05, 0) is 18.6 Å². The van der Waals surface area contributed by atoms with Crippen LogP contribution in [-0.2, 0) is 23.7 Å². The molecule has 1 rings (SSSR count). The molecule has 0 unspecified atom stereocenters. The molecule has 32 heavy (non-hydrogen) atoms. The Kier molecular flexibility index (Phi) is 20.0. The number of hydrogen-bond donors (Lipinski definition) is 0. The van der Waals surface area contributed by atoms with Gasteiger partial charge in [0.2, 0.25) is 0 Å². The molecule has 0 N–H and O–H groups in total. The lowest BCUT2D eigenvalue weighted by atomic mass is 10.1. The first-order chi connectivity index (χ1) is 15.8. The Morgan fingerprint density at radius 1 is 0.625 bits per heavy atom. The van der Waals surface area contributed by atoms with Gasteiger partial charge in [-0.25, -0.2) is 0 Å². The van der Waals surface area contributed by atoms with Gasteiger partial charge >= 0.3 is 5.97 Å². The summed E-state index contributed by atoms with van der Waals surface area (Å²) in [5.74, 6) is 0.722. The van der Waals surface area contributed by atoms with Crippen molar-refractivity contribution in [2.24, 2.45) is 0 Å². The molecule has 0 bridgehead atoms. The summed E-state index contributed by atoms with van der Waals surface area (Å²) < 4.78 is 27.0. The van der Waals surface area contributed by atoms with E-state index in [2.05, 4.69) is 6.92 Å². The summed E-state index contributed by atoms with van der Waals surface area (Å²) in [4.78, 5) is 11.7. The van der Waals surface area contributed by atoms with Crippen LogP contribution in [0.3, 0.4) is 0 Å². The lowest BCUT2D eigenvalue weighted by Crippen LogP contribution is -2.14. The van der Waals surface area contributed by atoms with Crippen LogP contribution in [0.25, 0.3) is 0 Å². The average Bonchev–Trinajstić information content (AvgIpc) is 2.81. The molecule has 1 aromatic rings. The van der Waals surface area contributed by atoms with Gasteiger partial charge in [-0.3, -0.25) is 4.79 Å². The molecular formula is C26H44O6. The minimum Gasteiger partial charge on any atom is -0.491 e. The molecular weight excluding hydrogens is 408 g/mol. The van der Waals surface area contributed by atoms with E-state index in [-0.39, 0.29) is 5.97 Å². The highest BCUT2D eigenvalue weighted by molar-refractivity contribution is 5.69. The number of hydrogen-bond acceptors (Lipinski definition) is 6. The van der Waals surface area contributed by atoms with Gasteiger partial charge in [0.05, 0.1) is 39.6 Å². The van der Waals surface area contributed by atoms with Crippen molar-refractivity contribution in [3.05, 3.63) is 30.3 Å². The first-order valence-electron chi connectivity index (χ1n) is 12.4. The fourth-order valence-corrected chi connectivity index (χ4v) is 3.14. The maximum Gasteiger partial charge on any atom is 0.305 e. The summed E-state index contributed by atoms with van der Waals surface area (Å²) >= 11 is 0. The van der Waals surface area contributed by atoms with Crippen molar-refractivity contribution >= 4 is 5.97 Å². The molecule has 0 aliphatic carbocycles. The Bertz CT molecular complexity index is 522. The number of carbonyl (C=O) groups is 1. The molecule has 0 atom stereocenters. The predicted octanol–water partition coefficient (Wildman–Crippen LogP) is 5.58. The quantitative estimate of drug-likeness (QED) is 0.160. The molecule has 0 spiro atoms. The topological polar surface area (TPSA) is 63.2 Å². The third-order valence-corrected chi connectivity index (χ3v) is 4.96. The van der Waals surface area contributed by atoms with Gasteiger partial charge in [0, 0.05) is 6.42 Å². The van der Waals surface area contributed by atoms with Crippen molar-refractivity contribution in [3.63, 3.8) is 0 Å². The molecule has 0 heterocycles. The Morgan fingerprint density at radius 2 is 1.12 bits per heavy atom. The Labute approximate surface area is 194 Å². The number of para-hydroxylation sites is 1. The highest BCUT2D eigenvalue weighted by Crippen LogP contribution is 2.11. The van der Waals surface area contributed by atoms with Crippen molar-refractivity contribution in [1.29, 1.82) is 0 Å². The van der Waals surface area contributed by atoms with E-state index in [0.29, 0.717) is 59.3 Å². The smallest absolute Gasteiger partial charge is 0.305 e. The standard InChI is InChI=1S/C26H44O6/c1-2-3-4-5-6-7-8-9-13-16-26(27)32-24-22-30-20-18-28-17-19-29-21-23-31-25-14-11-10-12-15-25/h10-12,14-15H,2-9,13,16-24H2,1H3. The average molecular weight is 453 g/mol. The van der Waals surface area contributed by atoms with Gasteiger partial charge in [0.1, 0.15) is 19.0 Å². The molecule has 0 saturated carbocycles. The van der Waals surface area contributed by atoms with Crippen molar-refractivity contribution < 1.29 is 28.5 Å². The van der Waals surface area contributed by atoms with Crippen molar-refractivity contribution in [3.8, 4) is 5.75 Å². The van der Waals surface area contributed by atoms with Crippen LogP contribution in [0.5, 0.6) is 5.75 Å². The van der Waals surface area contributed by atoms with E-state index in [1.165, 1.54) is 44.9 Å². The highest BCUT2D eigenvalue weighted by atomic mass is 16.6. The Balaban J connectivity index is 1.72. The van der Waals surface area contributed by atoms with E-state index in [9.17, 15) is 4.79 Å². The van der Waals surface area contributed by atoms with Crippen molar-refractivity contribution in [2.45, 2.75) is 71.1 Å². The third-order valence-electron chi connectivity index (χ3n) is 4.96. The summed E-state index contributed by atoms with van der Waals surface area (Å²) in [7, 11) is 0. The van der Waals surface area contributed by atoms with E-state index in [0.717, 1.165) is 18.6 Å². The molecule has 6 heteroatoms. The second kappa shape index (κ2) is 22.6. The minimum atomic E-state index is -0.124. The van der Waals surface area contributed by atoms with Crippen LogP contribution in [0.15, 0.2) is 30.3 Å². The molecule has 0 aliphatic heterocycles. The zero-order valence-electron chi connectivity index (χ0n) is 20.1. The summed E-state index contributed by atoms with van der Waals surface area (Å²) in [6, 6.07) is 9.67. The van der Waals surface area contributed by atoms with Gasteiger partial charge in [-0.15, -0.1) is 0 Å². The number of unbranched alkanes of at least 4 members (excludes halogenated alkanes) is 8. The second-order valence-electron chi connectivity index (χ2n) is 7.80. The van der Waals surface area contributed by atoms with Crippen molar-refractivity contribution in [1.82, 2.24) is 0 Å².